The Hall–Kier alpha value is -2.41. The lowest BCUT2D eigenvalue weighted by atomic mass is 10.0. The van der Waals surface area contributed by atoms with E-state index in [0.29, 0.717) is 12.5 Å². The molecular weight excluding hydrogens is 250 g/mol. The molecule has 0 saturated carbocycles. The Morgan fingerprint density at radius 1 is 1.20 bits per heavy atom. The lowest BCUT2D eigenvalue weighted by molar-refractivity contribution is 0.592. The quantitative estimate of drug-likeness (QED) is 0.855. The third-order valence-corrected chi connectivity index (χ3v) is 3.18. The van der Waals surface area contributed by atoms with Crippen molar-refractivity contribution in [1.82, 2.24) is 9.78 Å². The van der Waals surface area contributed by atoms with Gasteiger partial charge in [0.05, 0.1) is 24.7 Å². The van der Waals surface area contributed by atoms with Gasteiger partial charge in [-0.05, 0) is 17.5 Å². The van der Waals surface area contributed by atoms with Crippen LogP contribution in [0.5, 0.6) is 0 Å². The zero-order valence-electron chi connectivity index (χ0n) is 11.7. The Kier molecular flexibility index (Phi) is 4.31. The Balaban J connectivity index is 2.33. The lowest BCUT2D eigenvalue weighted by Crippen LogP contribution is -2.22. The molecule has 0 amide bonds. The van der Waals surface area contributed by atoms with Crippen LogP contribution in [0.25, 0.3) is 11.3 Å². The first-order valence-electron chi connectivity index (χ1n) is 6.67. The van der Waals surface area contributed by atoms with Gasteiger partial charge in [-0.25, -0.2) is 4.68 Å². The van der Waals surface area contributed by atoms with E-state index in [4.69, 9.17) is 5.26 Å². The van der Waals surface area contributed by atoms with E-state index in [1.165, 1.54) is 16.3 Å². The molecule has 1 aromatic carbocycles. The number of aryl methyl sites for hydroxylation is 1. The van der Waals surface area contributed by atoms with Crippen molar-refractivity contribution < 1.29 is 0 Å². The topological polar surface area (TPSA) is 58.7 Å². The van der Waals surface area contributed by atoms with Gasteiger partial charge in [-0.15, -0.1) is 0 Å². The smallest absolute Gasteiger partial charge is 0.266 e. The highest BCUT2D eigenvalue weighted by Crippen LogP contribution is 2.20. The van der Waals surface area contributed by atoms with Crippen molar-refractivity contribution in [1.29, 1.82) is 5.26 Å². The van der Waals surface area contributed by atoms with E-state index in [1.807, 2.05) is 18.2 Å². The van der Waals surface area contributed by atoms with Crippen LogP contribution in [-0.2, 0) is 6.54 Å². The summed E-state index contributed by atoms with van der Waals surface area (Å²) in [5, 5.41) is 12.9. The highest BCUT2D eigenvalue weighted by atomic mass is 16.1. The fourth-order valence-corrected chi connectivity index (χ4v) is 1.96. The predicted octanol–water partition coefficient (Wildman–Crippen LogP) is 2.95. The fourth-order valence-electron chi connectivity index (χ4n) is 1.96. The molecule has 0 atom stereocenters. The molecule has 0 bridgehead atoms. The van der Waals surface area contributed by atoms with Gasteiger partial charge in [0.25, 0.3) is 5.56 Å². The van der Waals surface area contributed by atoms with Crippen molar-refractivity contribution in [3.8, 4) is 17.3 Å². The normalized spacial score (nSPS) is 10.5. The SMILES string of the molecule is CC(C)c1ccc(-c2ccc(=O)n(CCC#N)n2)cc1. The summed E-state index contributed by atoms with van der Waals surface area (Å²) in [6.07, 6.45) is 0.280. The first-order valence-corrected chi connectivity index (χ1v) is 6.67. The average molecular weight is 267 g/mol. The van der Waals surface area contributed by atoms with Crippen LogP contribution < -0.4 is 5.56 Å². The minimum absolute atomic E-state index is 0.178. The van der Waals surface area contributed by atoms with Gasteiger partial charge in [-0.2, -0.15) is 10.4 Å². The van der Waals surface area contributed by atoms with Crippen LogP contribution in [0.3, 0.4) is 0 Å². The summed E-state index contributed by atoms with van der Waals surface area (Å²) in [5.41, 5.74) is 2.81. The molecule has 4 heteroatoms. The number of benzene rings is 1. The molecule has 0 aliphatic heterocycles. The Morgan fingerprint density at radius 2 is 1.90 bits per heavy atom. The lowest BCUT2D eigenvalue weighted by Gasteiger charge is -2.08. The predicted molar refractivity (Wildman–Crippen MR) is 78.3 cm³/mol. The minimum atomic E-state index is -0.178. The zero-order valence-corrected chi connectivity index (χ0v) is 11.7. The number of hydrogen-bond acceptors (Lipinski definition) is 3. The molecule has 0 aliphatic rings. The molecule has 0 spiro atoms. The van der Waals surface area contributed by atoms with E-state index in [0.717, 1.165) is 11.3 Å². The average Bonchev–Trinajstić information content (AvgIpc) is 2.46. The third kappa shape index (κ3) is 3.12. The van der Waals surface area contributed by atoms with Crippen molar-refractivity contribution in [3.05, 3.63) is 52.3 Å². The third-order valence-electron chi connectivity index (χ3n) is 3.18. The second-order valence-electron chi connectivity index (χ2n) is 4.96. The first kappa shape index (κ1) is 14.0. The maximum atomic E-state index is 11.6. The molecule has 0 saturated heterocycles. The first-order chi connectivity index (χ1) is 9.61. The molecule has 2 rings (SSSR count). The van der Waals surface area contributed by atoms with Gasteiger partial charge in [-0.1, -0.05) is 38.1 Å². The van der Waals surface area contributed by atoms with Crippen LogP contribution >= 0.6 is 0 Å². The summed E-state index contributed by atoms with van der Waals surface area (Å²) in [6, 6.07) is 13.4. The monoisotopic (exact) mass is 267 g/mol. The summed E-state index contributed by atoms with van der Waals surface area (Å²) < 4.78 is 1.34. The molecule has 102 valence electrons. The molecule has 4 nitrogen and oxygen atoms in total. The summed E-state index contributed by atoms with van der Waals surface area (Å²) in [5.74, 6) is 0.488. The summed E-state index contributed by atoms with van der Waals surface area (Å²) in [7, 11) is 0. The standard InChI is InChI=1S/C16H17N3O/c1-12(2)13-4-6-14(7-5-13)15-8-9-16(20)19(18-15)11-3-10-17/h4-9,12H,3,11H2,1-2H3. The second-order valence-corrected chi connectivity index (χ2v) is 4.96. The molecule has 20 heavy (non-hydrogen) atoms. The van der Waals surface area contributed by atoms with E-state index in [9.17, 15) is 4.79 Å². The van der Waals surface area contributed by atoms with Crippen LogP contribution in [0.15, 0.2) is 41.2 Å². The van der Waals surface area contributed by atoms with Crippen molar-refractivity contribution >= 4 is 0 Å². The van der Waals surface area contributed by atoms with Crippen LogP contribution in [0.1, 0.15) is 31.7 Å². The number of aromatic nitrogens is 2. The van der Waals surface area contributed by atoms with Crippen molar-refractivity contribution in [2.75, 3.05) is 0 Å². The van der Waals surface area contributed by atoms with Gasteiger partial charge >= 0.3 is 0 Å². The van der Waals surface area contributed by atoms with E-state index < -0.39 is 0 Å². The van der Waals surface area contributed by atoms with Crippen molar-refractivity contribution in [3.63, 3.8) is 0 Å². The molecule has 0 aliphatic carbocycles. The summed E-state index contributed by atoms with van der Waals surface area (Å²) in [4.78, 5) is 11.6. The van der Waals surface area contributed by atoms with E-state index in [1.54, 1.807) is 6.07 Å². The minimum Gasteiger partial charge on any atom is -0.268 e. The van der Waals surface area contributed by atoms with Gasteiger partial charge in [0, 0.05) is 11.6 Å². The van der Waals surface area contributed by atoms with Crippen LogP contribution in [0.4, 0.5) is 0 Å². The molecule has 0 radical (unpaired) electrons. The molecule has 0 N–H and O–H groups in total. The van der Waals surface area contributed by atoms with E-state index >= 15 is 0 Å². The van der Waals surface area contributed by atoms with Crippen molar-refractivity contribution in [2.24, 2.45) is 0 Å². The van der Waals surface area contributed by atoms with Gasteiger partial charge in [0.2, 0.25) is 0 Å². The largest absolute Gasteiger partial charge is 0.268 e. The highest BCUT2D eigenvalue weighted by Gasteiger charge is 2.04. The molecular formula is C16H17N3O. The maximum Gasteiger partial charge on any atom is 0.266 e. The van der Waals surface area contributed by atoms with Crippen molar-refractivity contribution in [2.45, 2.75) is 32.7 Å². The van der Waals surface area contributed by atoms with E-state index in [-0.39, 0.29) is 12.0 Å². The second kappa shape index (κ2) is 6.16. The maximum absolute atomic E-state index is 11.6. The van der Waals surface area contributed by atoms with Crippen LogP contribution in [-0.4, -0.2) is 9.78 Å². The van der Waals surface area contributed by atoms with Crippen LogP contribution in [0.2, 0.25) is 0 Å². The molecule has 0 unspecified atom stereocenters. The zero-order chi connectivity index (χ0) is 14.5. The Bertz CT molecular complexity index is 678. The Morgan fingerprint density at radius 3 is 2.50 bits per heavy atom. The Labute approximate surface area is 118 Å². The van der Waals surface area contributed by atoms with Gasteiger partial charge in [0.1, 0.15) is 0 Å². The number of hydrogen-bond donors (Lipinski definition) is 0. The van der Waals surface area contributed by atoms with Gasteiger partial charge in [0.15, 0.2) is 0 Å². The van der Waals surface area contributed by atoms with Gasteiger partial charge < -0.3 is 0 Å². The fraction of sp³-hybridized carbons (Fsp3) is 0.312. The number of nitriles is 1. The molecule has 1 aromatic heterocycles. The summed E-state index contributed by atoms with van der Waals surface area (Å²) in [6.45, 7) is 4.62. The number of nitrogens with zero attached hydrogens (tertiary/aromatic N) is 3. The molecule has 0 fully saturated rings. The summed E-state index contributed by atoms with van der Waals surface area (Å²) >= 11 is 0. The highest BCUT2D eigenvalue weighted by molar-refractivity contribution is 5.58. The van der Waals surface area contributed by atoms with E-state index in [2.05, 4.69) is 31.1 Å². The molecule has 1 heterocycles. The molecule has 2 aromatic rings. The van der Waals surface area contributed by atoms with Gasteiger partial charge in [-0.3, -0.25) is 4.79 Å². The van der Waals surface area contributed by atoms with Crippen LogP contribution in [0, 0.1) is 11.3 Å². The number of rotatable bonds is 4.